The van der Waals surface area contributed by atoms with Crippen molar-refractivity contribution in [2.75, 3.05) is 6.54 Å². The van der Waals surface area contributed by atoms with Gasteiger partial charge in [-0.15, -0.1) is 0 Å². The minimum Gasteiger partial charge on any atom is -0.356 e. The minimum atomic E-state index is -0.0817. The number of carbonyl (C=O) groups excluding carboxylic acids is 2. The van der Waals surface area contributed by atoms with Crippen molar-refractivity contribution in [2.45, 2.75) is 44.7 Å². The van der Waals surface area contributed by atoms with Gasteiger partial charge in [-0.2, -0.15) is 0 Å². The van der Waals surface area contributed by atoms with Crippen LogP contribution < -0.4 is 16.4 Å². The van der Waals surface area contributed by atoms with Crippen molar-refractivity contribution < 1.29 is 9.59 Å². The van der Waals surface area contributed by atoms with Crippen molar-refractivity contribution in [3.63, 3.8) is 0 Å². The summed E-state index contributed by atoms with van der Waals surface area (Å²) in [6, 6.07) is 3.88. The Balaban J connectivity index is 1.57. The average molecular weight is 304 g/mol. The molecule has 0 saturated heterocycles. The van der Waals surface area contributed by atoms with Crippen molar-refractivity contribution >= 4 is 11.8 Å². The highest BCUT2D eigenvalue weighted by Crippen LogP contribution is 2.26. The molecule has 120 valence electrons. The molecule has 1 aromatic heterocycles. The number of hydrogen-bond acceptors (Lipinski definition) is 4. The first kappa shape index (κ1) is 16.4. The molecule has 22 heavy (non-hydrogen) atoms. The lowest BCUT2D eigenvalue weighted by molar-refractivity contribution is -0.123. The summed E-state index contributed by atoms with van der Waals surface area (Å²) in [5.41, 5.74) is 6.90. The molecule has 1 aromatic rings. The Bertz CT molecular complexity index is 492. The predicted molar refractivity (Wildman–Crippen MR) is 83.6 cm³/mol. The molecular weight excluding hydrogens is 280 g/mol. The number of hydrogen-bond donors (Lipinski definition) is 3. The first-order chi connectivity index (χ1) is 10.6. The Hall–Kier alpha value is -1.95. The fourth-order valence-corrected chi connectivity index (χ4v) is 2.74. The topological polar surface area (TPSA) is 97.1 Å². The molecule has 4 N–H and O–H groups in total. The van der Waals surface area contributed by atoms with Gasteiger partial charge in [-0.05, 0) is 30.4 Å². The number of carbonyl (C=O) groups is 2. The zero-order valence-electron chi connectivity index (χ0n) is 12.8. The molecule has 2 atom stereocenters. The maximum atomic E-state index is 11.8. The lowest BCUT2D eigenvalue weighted by atomic mass is 10.00. The maximum absolute atomic E-state index is 11.8. The summed E-state index contributed by atoms with van der Waals surface area (Å²) in [6.07, 6.45) is 7.30. The molecule has 2 amide bonds. The van der Waals surface area contributed by atoms with E-state index in [-0.39, 0.29) is 24.3 Å². The van der Waals surface area contributed by atoms with Crippen molar-refractivity contribution in [1.82, 2.24) is 15.6 Å². The molecule has 0 aliphatic heterocycles. The number of amides is 2. The third-order valence-electron chi connectivity index (χ3n) is 4.05. The van der Waals surface area contributed by atoms with Crippen molar-refractivity contribution in [1.29, 1.82) is 0 Å². The first-order valence-corrected chi connectivity index (χ1v) is 7.83. The second-order valence-electron chi connectivity index (χ2n) is 5.80. The molecule has 0 spiro atoms. The van der Waals surface area contributed by atoms with Gasteiger partial charge in [-0.1, -0.05) is 12.5 Å². The van der Waals surface area contributed by atoms with Crippen molar-refractivity contribution in [2.24, 2.45) is 11.7 Å². The Morgan fingerprint density at radius 2 is 2.14 bits per heavy atom. The third kappa shape index (κ3) is 5.44. The van der Waals surface area contributed by atoms with Crippen LogP contribution in [0.1, 0.15) is 37.7 Å². The molecule has 1 aliphatic carbocycles. The summed E-state index contributed by atoms with van der Waals surface area (Å²) in [7, 11) is 0. The van der Waals surface area contributed by atoms with E-state index >= 15 is 0 Å². The largest absolute Gasteiger partial charge is 0.356 e. The zero-order chi connectivity index (χ0) is 15.8. The Labute approximate surface area is 130 Å². The van der Waals surface area contributed by atoms with Gasteiger partial charge in [0.1, 0.15) is 0 Å². The van der Waals surface area contributed by atoms with Crippen LogP contribution >= 0.6 is 0 Å². The van der Waals surface area contributed by atoms with Crippen LogP contribution in [0, 0.1) is 5.92 Å². The van der Waals surface area contributed by atoms with Crippen molar-refractivity contribution in [3.05, 3.63) is 30.1 Å². The molecule has 1 fully saturated rings. The molecule has 6 heteroatoms. The highest BCUT2D eigenvalue weighted by Gasteiger charge is 2.25. The van der Waals surface area contributed by atoms with E-state index < -0.39 is 0 Å². The van der Waals surface area contributed by atoms with Crippen LogP contribution in [0.5, 0.6) is 0 Å². The molecule has 0 bridgehead atoms. The van der Waals surface area contributed by atoms with E-state index in [0.717, 1.165) is 24.8 Å². The third-order valence-corrected chi connectivity index (χ3v) is 4.05. The van der Waals surface area contributed by atoms with E-state index in [4.69, 9.17) is 5.73 Å². The summed E-state index contributed by atoms with van der Waals surface area (Å²) in [6.45, 7) is 0.817. The van der Waals surface area contributed by atoms with Crippen LogP contribution in [0.2, 0.25) is 0 Å². The maximum Gasteiger partial charge on any atom is 0.222 e. The van der Waals surface area contributed by atoms with Crippen LogP contribution in [0.3, 0.4) is 0 Å². The number of nitrogens with two attached hydrogens (primary N) is 1. The summed E-state index contributed by atoms with van der Waals surface area (Å²) in [4.78, 5) is 27.5. The first-order valence-electron chi connectivity index (χ1n) is 7.83. The highest BCUT2D eigenvalue weighted by molar-refractivity contribution is 5.79. The van der Waals surface area contributed by atoms with Crippen LogP contribution in [-0.4, -0.2) is 29.4 Å². The molecule has 2 rings (SSSR count). The second kappa shape index (κ2) is 8.48. The smallest absolute Gasteiger partial charge is 0.222 e. The molecule has 6 nitrogen and oxygen atoms in total. The zero-order valence-corrected chi connectivity index (χ0v) is 12.8. The summed E-state index contributed by atoms with van der Waals surface area (Å²) < 4.78 is 0. The monoisotopic (exact) mass is 304 g/mol. The van der Waals surface area contributed by atoms with Gasteiger partial charge < -0.3 is 16.4 Å². The number of rotatable bonds is 7. The Morgan fingerprint density at radius 1 is 1.27 bits per heavy atom. The van der Waals surface area contributed by atoms with Gasteiger partial charge in [0.15, 0.2) is 0 Å². The summed E-state index contributed by atoms with van der Waals surface area (Å²) >= 11 is 0. The van der Waals surface area contributed by atoms with Crippen LogP contribution in [0.4, 0.5) is 0 Å². The number of pyridine rings is 1. The fraction of sp³-hybridized carbons (Fsp3) is 0.562. The van der Waals surface area contributed by atoms with Gasteiger partial charge in [-0.25, -0.2) is 0 Å². The molecule has 1 heterocycles. The molecule has 0 radical (unpaired) electrons. The van der Waals surface area contributed by atoms with Crippen LogP contribution in [0.15, 0.2) is 24.5 Å². The number of nitrogens with one attached hydrogen (secondary N) is 2. The van der Waals surface area contributed by atoms with E-state index in [1.807, 2.05) is 12.1 Å². The Kier molecular flexibility index (Phi) is 6.33. The van der Waals surface area contributed by atoms with Gasteiger partial charge in [0.05, 0.1) is 0 Å². The van der Waals surface area contributed by atoms with E-state index in [1.54, 1.807) is 12.4 Å². The van der Waals surface area contributed by atoms with Gasteiger partial charge in [0.25, 0.3) is 0 Å². The Morgan fingerprint density at radius 3 is 2.82 bits per heavy atom. The molecule has 0 aromatic carbocycles. The standard InChI is InChI=1S/C16H24N4O2/c17-14-5-1-4-13(14)9-16(22)19-8-6-15(21)20-11-12-3-2-7-18-10-12/h2-3,7,10,13-14H,1,4-6,8-9,11,17H2,(H,19,22)(H,20,21)/t13-,14+/m0/s1. The van der Waals surface area contributed by atoms with E-state index in [2.05, 4.69) is 15.6 Å². The summed E-state index contributed by atoms with van der Waals surface area (Å²) in [5.74, 6) is 0.198. The lowest BCUT2D eigenvalue weighted by Gasteiger charge is -2.14. The minimum absolute atomic E-state index is 0.0117. The fourth-order valence-electron chi connectivity index (χ4n) is 2.74. The normalized spacial score (nSPS) is 20.6. The number of aromatic nitrogens is 1. The van der Waals surface area contributed by atoms with Crippen LogP contribution in [0.25, 0.3) is 0 Å². The quantitative estimate of drug-likeness (QED) is 0.691. The van der Waals surface area contributed by atoms with Gasteiger partial charge in [0, 0.05) is 44.4 Å². The van der Waals surface area contributed by atoms with Gasteiger partial charge in [-0.3, -0.25) is 14.6 Å². The molecular formula is C16H24N4O2. The van der Waals surface area contributed by atoms with E-state index in [0.29, 0.717) is 25.4 Å². The molecule has 0 unspecified atom stereocenters. The highest BCUT2D eigenvalue weighted by atomic mass is 16.2. The van der Waals surface area contributed by atoms with E-state index in [1.165, 1.54) is 0 Å². The molecule has 1 aliphatic rings. The SMILES string of the molecule is N[C@@H]1CCC[C@H]1CC(=O)NCCC(=O)NCc1cccnc1. The van der Waals surface area contributed by atoms with Crippen molar-refractivity contribution in [3.8, 4) is 0 Å². The van der Waals surface area contributed by atoms with Gasteiger partial charge >= 0.3 is 0 Å². The van der Waals surface area contributed by atoms with Gasteiger partial charge in [0.2, 0.25) is 11.8 Å². The second-order valence-corrected chi connectivity index (χ2v) is 5.80. The summed E-state index contributed by atoms with van der Waals surface area (Å²) in [5, 5.41) is 5.59. The molecule has 1 saturated carbocycles. The van der Waals surface area contributed by atoms with Crippen LogP contribution in [-0.2, 0) is 16.1 Å². The van der Waals surface area contributed by atoms with E-state index in [9.17, 15) is 9.59 Å². The number of nitrogens with zero attached hydrogens (tertiary/aromatic N) is 1. The average Bonchev–Trinajstić information content (AvgIpc) is 2.91. The predicted octanol–water partition coefficient (Wildman–Crippen LogP) is 0.722. The lowest BCUT2D eigenvalue weighted by Crippen LogP contribution is -2.34.